The molecular formula is C17H20N2O3S. The van der Waals surface area contributed by atoms with E-state index in [9.17, 15) is 9.59 Å². The van der Waals surface area contributed by atoms with Gasteiger partial charge in [0.1, 0.15) is 11.8 Å². The van der Waals surface area contributed by atoms with Gasteiger partial charge in [-0.1, -0.05) is 0 Å². The van der Waals surface area contributed by atoms with E-state index in [4.69, 9.17) is 4.42 Å². The topological polar surface area (TPSA) is 71.3 Å². The van der Waals surface area contributed by atoms with Gasteiger partial charge in [0.05, 0.1) is 18.4 Å². The first-order chi connectivity index (χ1) is 11.1. The summed E-state index contributed by atoms with van der Waals surface area (Å²) in [6, 6.07) is 2.98. The third-order valence-electron chi connectivity index (χ3n) is 4.06. The number of rotatable bonds is 5. The van der Waals surface area contributed by atoms with Crippen LogP contribution in [0.1, 0.15) is 46.3 Å². The van der Waals surface area contributed by atoms with Crippen LogP contribution < -0.4 is 10.6 Å². The number of nitrogens with one attached hydrogen (secondary N) is 2. The van der Waals surface area contributed by atoms with E-state index in [-0.39, 0.29) is 11.8 Å². The van der Waals surface area contributed by atoms with E-state index in [0.717, 1.165) is 24.8 Å². The molecule has 1 aliphatic carbocycles. The van der Waals surface area contributed by atoms with Crippen molar-refractivity contribution in [2.75, 3.05) is 0 Å². The van der Waals surface area contributed by atoms with E-state index in [1.807, 2.05) is 5.38 Å². The van der Waals surface area contributed by atoms with Gasteiger partial charge in [0.15, 0.2) is 0 Å². The van der Waals surface area contributed by atoms with Crippen LogP contribution >= 0.6 is 11.3 Å². The number of fused-ring (bicyclic) bond motifs is 1. The van der Waals surface area contributed by atoms with Gasteiger partial charge in [-0.3, -0.25) is 9.59 Å². The van der Waals surface area contributed by atoms with Gasteiger partial charge in [0, 0.05) is 10.3 Å². The molecule has 3 rings (SSSR count). The fraction of sp³-hybridized carbons (Fsp3) is 0.412. The first-order valence-corrected chi connectivity index (χ1v) is 8.73. The highest BCUT2D eigenvalue weighted by atomic mass is 32.1. The molecule has 1 aliphatic rings. The van der Waals surface area contributed by atoms with Crippen LogP contribution in [-0.4, -0.2) is 17.9 Å². The van der Waals surface area contributed by atoms with Crippen molar-refractivity contribution in [3.05, 3.63) is 45.5 Å². The first-order valence-electron chi connectivity index (χ1n) is 7.85. The lowest BCUT2D eigenvalue weighted by Gasteiger charge is -2.16. The molecule has 6 heteroatoms. The van der Waals surface area contributed by atoms with Crippen LogP contribution in [0, 0.1) is 0 Å². The average Bonchev–Trinajstić information content (AvgIpc) is 3.21. The number of hydrogen-bond donors (Lipinski definition) is 2. The monoisotopic (exact) mass is 332 g/mol. The normalized spacial score (nSPS) is 14.8. The Labute approximate surface area is 139 Å². The summed E-state index contributed by atoms with van der Waals surface area (Å²) >= 11 is 1.65. The molecule has 122 valence electrons. The molecule has 1 atom stereocenters. The quantitative estimate of drug-likeness (QED) is 0.884. The summed E-state index contributed by atoms with van der Waals surface area (Å²) in [5, 5.41) is 7.46. The van der Waals surface area contributed by atoms with Gasteiger partial charge < -0.3 is 15.1 Å². The average molecular weight is 332 g/mol. The zero-order chi connectivity index (χ0) is 16.2. The van der Waals surface area contributed by atoms with Gasteiger partial charge in [-0.25, -0.2) is 0 Å². The molecule has 2 N–H and O–H groups in total. The molecule has 2 heterocycles. The third-order valence-corrected chi connectivity index (χ3v) is 5.15. The van der Waals surface area contributed by atoms with Crippen LogP contribution in [-0.2, 0) is 24.2 Å². The van der Waals surface area contributed by atoms with Gasteiger partial charge in [0.2, 0.25) is 5.91 Å². The molecule has 0 bridgehead atoms. The van der Waals surface area contributed by atoms with Crippen molar-refractivity contribution < 1.29 is 14.0 Å². The van der Waals surface area contributed by atoms with E-state index in [1.165, 1.54) is 16.9 Å². The molecule has 23 heavy (non-hydrogen) atoms. The molecule has 0 aromatic carbocycles. The van der Waals surface area contributed by atoms with Gasteiger partial charge in [0.25, 0.3) is 5.91 Å². The minimum absolute atomic E-state index is 0.162. The lowest BCUT2D eigenvalue weighted by Crippen LogP contribution is -2.44. The summed E-state index contributed by atoms with van der Waals surface area (Å²) in [4.78, 5) is 25.8. The van der Waals surface area contributed by atoms with Gasteiger partial charge in [-0.15, -0.1) is 11.3 Å². The molecule has 0 fully saturated rings. The maximum absolute atomic E-state index is 12.4. The number of furan rings is 1. The van der Waals surface area contributed by atoms with Crippen LogP contribution in [0.2, 0.25) is 0 Å². The third kappa shape index (κ3) is 3.64. The number of carbonyl (C=O) groups is 2. The number of hydrogen-bond acceptors (Lipinski definition) is 4. The van der Waals surface area contributed by atoms with Crippen molar-refractivity contribution in [3.63, 3.8) is 0 Å². The second-order valence-corrected chi connectivity index (χ2v) is 6.71. The first kappa shape index (κ1) is 15.8. The van der Waals surface area contributed by atoms with E-state index in [0.29, 0.717) is 12.3 Å². The zero-order valence-electron chi connectivity index (χ0n) is 13.1. The Bertz CT molecular complexity index is 691. The Kier molecular flexibility index (Phi) is 4.81. The Hall–Kier alpha value is -2.08. The summed E-state index contributed by atoms with van der Waals surface area (Å²) in [5.74, 6) is 0.299. The summed E-state index contributed by atoms with van der Waals surface area (Å²) in [5.41, 5.74) is 1.90. The van der Waals surface area contributed by atoms with Gasteiger partial charge >= 0.3 is 0 Å². The molecule has 0 aliphatic heterocycles. The maximum Gasteiger partial charge on any atom is 0.253 e. The summed E-state index contributed by atoms with van der Waals surface area (Å²) in [7, 11) is 0. The van der Waals surface area contributed by atoms with Crippen molar-refractivity contribution in [1.82, 2.24) is 10.6 Å². The molecule has 2 amide bonds. The highest BCUT2D eigenvalue weighted by molar-refractivity contribution is 7.10. The standard InChI is InChI=1S/C17H20N2O3S/c1-11(16(20)18-9-12-5-4-8-22-12)19-17(21)14-10-23-15-7-3-2-6-13(14)15/h4-5,8,10-11H,2-3,6-7,9H2,1H3,(H,18,20)(H,19,21). The summed E-state index contributed by atoms with van der Waals surface area (Å²) < 4.78 is 5.17. The Balaban J connectivity index is 1.56. The van der Waals surface area contributed by atoms with E-state index >= 15 is 0 Å². The highest BCUT2D eigenvalue weighted by Gasteiger charge is 2.22. The van der Waals surface area contributed by atoms with Gasteiger partial charge in [-0.05, 0) is 50.3 Å². The summed E-state index contributed by atoms with van der Waals surface area (Å²) in [6.45, 7) is 2.01. The van der Waals surface area contributed by atoms with Crippen LogP contribution in [0.25, 0.3) is 0 Å². The molecule has 0 radical (unpaired) electrons. The minimum Gasteiger partial charge on any atom is -0.467 e. The Morgan fingerprint density at radius 3 is 2.96 bits per heavy atom. The largest absolute Gasteiger partial charge is 0.467 e. The molecule has 2 aromatic heterocycles. The molecule has 2 aromatic rings. The van der Waals surface area contributed by atoms with Crippen LogP contribution in [0.15, 0.2) is 28.2 Å². The smallest absolute Gasteiger partial charge is 0.253 e. The van der Waals surface area contributed by atoms with E-state index in [1.54, 1.807) is 36.7 Å². The second kappa shape index (κ2) is 7.00. The second-order valence-electron chi connectivity index (χ2n) is 5.75. The minimum atomic E-state index is -0.586. The molecule has 0 spiro atoms. The predicted octanol–water partition coefficient (Wildman–Crippen LogP) is 2.65. The Morgan fingerprint density at radius 2 is 2.17 bits per heavy atom. The van der Waals surface area contributed by atoms with Gasteiger partial charge in [-0.2, -0.15) is 0 Å². The number of amides is 2. The molecule has 0 saturated carbocycles. The number of aryl methyl sites for hydroxylation is 1. The number of thiophene rings is 1. The Morgan fingerprint density at radius 1 is 1.35 bits per heavy atom. The molecule has 0 saturated heterocycles. The SMILES string of the molecule is CC(NC(=O)c1csc2c1CCCC2)C(=O)NCc1ccco1. The highest BCUT2D eigenvalue weighted by Crippen LogP contribution is 2.30. The van der Waals surface area contributed by atoms with Crippen molar-refractivity contribution in [1.29, 1.82) is 0 Å². The predicted molar refractivity (Wildman–Crippen MR) is 88.4 cm³/mol. The maximum atomic E-state index is 12.4. The van der Waals surface area contributed by atoms with Crippen LogP contribution in [0.4, 0.5) is 0 Å². The van der Waals surface area contributed by atoms with Crippen LogP contribution in [0.3, 0.4) is 0 Å². The molecule has 1 unspecified atom stereocenters. The lowest BCUT2D eigenvalue weighted by molar-refractivity contribution is -0.122. The van der Waals surface area contributed by atoms with E-state index in [2.05, 4.69) is 10.6 Å². The van der Waals surface area contributed by atoms with Crippen LogP contribution in [0.5, 0.6) is 0 Å². The fourth-order valence-electron chi connectivity index (χ4n) is 2.76. The summed E-state index contributed by atoms with van der Waals surface area (Å²) in [6.07, 6.45) is 5.91. The van der Waals surface area contributed by atoms with Crippen molar-refractivity contribution in [3.8, 4) is 0 Å². The van der Waals surface area contributed by atoms with Crippen molar-refractivity contribution in [2.24, 2.45) is 0 Å². The lowest BCUT2D eigenvalue weighted by atomic mass is 9.95. The van der Waals surface area contributed by atoms with Crippen molar-refractivity contribution in [2.45, 2.75) is 45.2 Å². The molecule has 5 nitrogen and oxygen atoms in total. The number of carbonyl (C=O) groups excluding carboxylic acids is 2. The molecular weight excluding hydrogens is 312 g/mol. The fourth-order valence-corrected chi connectivity index (χ4v) is 3.89. The van der Waals surface area contributed by atoms with E-state index < -0.39 is 6.04 Å². The zero-order valence-corrected chi connectivity index (χ0v) is 13.9. The van der Waals surface area contributed by atoms with Crippen molar-refractivity contribution >= 4 is 23.2 Å².